The first kappa shape index (κ1) is 10.7. The van der Waals surface area contributed by atoms with Crippen LogP contribution in [0.4, 0.5) is 0 Å². The van der Waals surface area contributed by atoms with Crippen molar-refractivity contribution in [3.8, 4) is 0 Å². The molecule has 1 aliphatic rings. The van der Waals surface area contributed by atoms with Crippen molar-refractivity contribution in [3.63, 3.8) is 0 Å². The monoisotopic (exact) mass is 183 g/mol. The first-order valence-corrected chi connectivity index (χ1v) is 5.31. The molecule has 2 nitrogen and oxygen atoms in total. The van der Waals surface area contributed by atoms with Gasteiger partial charge in [-0.15, -0.1) is 0 Å². The second kappa shape index (κ2) is 7.10. The van der Waals surface area contributed by atoms with Gasteiger partial charge < -0.3 is 10.1 Å². The molecule has 76 valence electrons. The molecule has 0 saturated carbocycles. The van der Waals surface area contributed by atoms with Gasteiger partial charge in [-0.05, 0) is 45.2 Å². The molecule has 0 atom stereocenters. The number of allylic oxidation sites excluding steroid dienone is 1. The van der Waals surface area contributed by atoms with Gasteiger partial charge >= 0.3 is 0 Å². The third-order valence-electron chi connectivity index (χ3n) is 2.54. The number of hydrogen-bond donors (Lipinski definition) is 1. The van der Waals surface area contributed by atoms with Crippen molar-refractivity contribution in [1.29, 1.82) is 0 Å². The highest BCUT2D eigenvalue weighted by Gasteiger charge is 2.11. The van der Waals surface area contributed by atoms with Crippen LogP contribution in [0.25, 0.3) is 0 Å². The summed E-state index contributed by atoms with van der Waals surface area (Å²) in [4.78, 5) is 0. The third-order valence-corrected chi connectivity index (χ3v) is 2.54. The zero-order chi connectivity index (χ0) is 9.36. The Hall–Kier alpha value is -0.340. The van der Waals surface area contributed by atoms with E-state index in [2.05, 4.69) is 17.5 Å². The fourth-order valence-corrected chi connectivity index (χ4v) is 1.62. The summed E-state index contributed by atoms with van der Waals surface area (Å²) in [6, 6.07) is 0. The molecule has 1 N–H and O–H groups in total. The fraction of sp³-hybridized carbons (Fsp3) is 0.818. The summed E-state index contributed by atoms with van der Waals surface area (Å²) >= 11 is 0. The highest BCUT2D eigenvalue weighted by Crippen LogP contribution is 2.18. The largest absolute Gasteiger partial charge is 0.381 e. The van der Waals surface area contributed by atoms with E-state index in [0.29, 0.717) is 0 Å². The lowest BCUT2D eigenvalue weighted by molar-refractivity contribution is 0.0672. The highest BCUT2D eigenvalue weighted by molar-refractivity contribution is 4.85. The molecule has 13 heavy (non-hydrogen) atoms. The van der Waals surface area contributed by atoms with Crippen LogP contribution in [0, 0.1) is 5.92 Å². The van der Waals surface area contributed by atoms with Crippen molar-refractivity contribution in [2.75, 3.05) is 26.8 Å². The molecule has 0 unspecified atom stereocenters. The third kappa shape index (κ3) is 5.06. The molecule has 1 fully saturated rings. The van der Waals surface area contributed by atoms with Crippen LogP contribution in [-0.4, -0.2) is 26.8 Å². The Labute approximate surface area is 81.4 Å². The average molecular weight is 183 g/mol. The number of ether oxygens (including phenoxy) is 1. The quantitative estimate of drug-likeness (QED) is 0.520. The van der Waals surface area contributed by atoms with E-state index in [1.165, 1.54) is 19.3 Å². The molecular weight excluding hydrogens is 162 g/mol. The first-order valence-electron chi connectivity index (χ1n) is 5.31. The lowest BCUT2D eigenvalue weighted by Crippen LogP contribution is -2.14. The van der Waals surface area contributed by atoms with Gasteiger partial charge in [-0.2, -0.15) is 0 Å². The second-order valence-corrected chi connectivity index (χ2v) is 3.66. The van der Waals surface area contributed by atoms with Gasteiger partial charge in [0.05, 0.1) is 0 Å². The maximum Gasteiger partial charge on any atom is 0.0468 e. The Morgan fingerprint density at radius 1 is 1.31 bits per heavy atom. The molecule has 1 rings (SSSR count). The maximum absolute atomic E-state index is 5.31. The predicted octanol–water partition coefficient (Wildman–Crippen LogP) is 1.97. The minimum absolute atomic E-state index is 0.875. The van der Waals surface area contributed by atoms with Crippen molar-refractivity contribution >= 4 is 0 Å². The number of hydrogen-bond acceptors (Lipinski definition) is 2. The Balaban J connectivity index is 2.00. The number of rotatable bonds is 5. The Morgan fingerprint density at radius 3 is 2.77 bits per heavy atom. The van der Waals surface area contributed by atoms with E-state index in [0.717, 1.165) is 32.1 Å². The predicted molar refractivity (Wildman–Crippen MR) is 55.8 cm³/mol. The molecule has 0 aromatic rings. The minimum atomic E-state index is 0.875. The molecule has 2 heteroatoms. The maximum atomic E-state index is 5.31. The topological polar surface area (TPSA) is 21.3 Å². The van der Waals surface area contributed by atoms with E-state index in [-0.39, 0.29) is 0 Å². The van der Waals surface area contributed by atoms with Gasteiger partial charge in [0.25, 0.3) is 0 Å². The summed E-state index contributed by atoms with van der Waals surface area (Å²) in [5, 5.41) is 3.13. The molecular formula is C11H21NO. The van der Waals surface area contributed by atoms with Gasteiger partial charge in [0.15, 0.2) is 0 Å². The minimum Gasteiger partial charge on any atom is -0.381 e. The van der Waals surface area contributed by atoms with Gasteiger partial charge in [0.2, 0.25) is 0 Å². The lowest BCUT2D eigenvalue weighted by Gasteiger charge is -2.20. The summed E-state index contributed by atoms with van der Waals surface area (Å²) in [5.74, 6) is 0.875. The molecule has 0 aliphatic carbocycles. The van der Waals surface area contributed by atoms with Gasteiger partial charge in [0, 0.05) is 13.2 Å². The molecule has 1 saturated heterocycles. The van der Waals surface area contributed by atoms with E-state index < -0.39 is 0 Å². The summed E-state index contributed by atoms with van der Waals surface area (Å²) in [6.45, 7) is 3.02. The molecule has 0 amide bonds. The van der Waals surface area contributed by atoms with Crippen molar-refractivity contribution in [2.24, 2.45) is 5.92 Å². The lowest BCUT2D eigenvalue weighted by atomic mass is 9.96. The molecule has 0 radical (unpaired) electrons. The molecule has 0 bridgehead atoms. The Kier molecular flexibility index (Phi) is 5.87. The van der Waals surface area contributed by atoms with Crippen LogP contribution in [-0.2, 0) is 4.74 Å². The van der Waals surface area contributed by atoms with Crippen molar-refractivity contribution in [2.45, 2.75) is 25.7 Å². The van der Waals surface area contributed by atoms with Gasteiger partial charge in [-0.3, -0.25) is 0 Å². The van der Waals surface area contributed by atoms with Gasteiger partial charge in [-0.25, -0.2) is 0 Å². The molecule has 1 aliphatic heterocycles. The molecule has 0 spiro atoms. The Morgan fingerprint density at radius 2 is 2.08 bits per heavy atom. The van der Waals surface area contributed by atoms with Crippen LogP contribution in [0.5, 0.6) is 0 Å². The van der Waals surface area contributed by atoms with Gasteiger partial charge in [-0.1, -0.05) is 12.2 Å². The molecule has 0 aromatic carbocycles. The summed E-state index contributed by atoms with van der Waals surface area (Å²) in [7, 11) is 1.99. The van der Waals surface area contributed by atoms with E-state index in [4.69, 9.17) is 4.74 Å². The van der Waals surface area contributed by atoms with Crippen LogP contribution in [0.2, 0.25) is 0 Å². The van der Waals surface area contributed by atoms with Crippen molar-refractivity contribution < 1.29 is 4.74 Å². The van der Waals surface area contributed by atoms with Crippen LogP contribution < -0.4 is 5.32 Å². The molecule has 1 heterocycles. The fourth-order valence-electron chi connectivity index (χ4n) is 1.62. The normalized spacial score (nSPS) is 19.8. The SMILES string of the molecule is CNCCC=CCC1CCOCC1. The zero-order valence-electron chi connectivity index (χ0n) is 8.59. The molecule has 0 aromatic heterocycles. The van der Waals surface area contributed by atoms with Crippen LogP contribution >= 0.6 is 0 Å². The van der Waals surface area contributed by atoms with Gasteiger partial charge in [0.1, 0.15) is 0 Å². The standard InChI is InChI=1S/C11H21NO/c1-12-8-4-2-3-5-11-6-9-13-10-7-11/h2-3,11-12H,4-10H2,1H3. The summed E-state index contributed by atoms with van der Waals surface area (Å²) in [5.41, 5.74) is 0. The highest BCUT2D eigenvalue weighted by atomic mass is 16.5. The van der Waals surface area contributed by atoms with Crippen LogP contribution in [0.3, 0.4) is 0 Å². The summed E-state index contributed by atoms with van der Waals surface area (Å²) in [6.07, 6.45) is 9.50. The van der Waals surface area contributed by atoms with Crippen LogP contribution in [0.1, 0.15) is 25.7 Å². The summed E-state index contributed by atoms with van der Waals surface area (Å²) < 4.78 is 5.31. The number of nitrogens with one attached hydrogen (secondary N) is 1. The van der Waals surface area contributed by atoms with Crippen molar-refractivity contribution in [1.82, 2.24) is 5.32 Å². The first-order chi connectivity index (χ1) is 6.43. The zero-order valence-corrected chi connectivity index (χ0v) is 8.59. The van der Waals surface area contributed by atoms with E-state index >= 15 is 0 Å². The van der Waals surface area contributed by atoms with Crippen molar-refractivity contribution in [3.05, 3.63) is 12.2 Å². The smallest absolute Gasteiger partial charge is 0.0468 e. The van der Waals surface area contributed by atoms with Crippen LogP contribution in [0.15, 0.2) is 12.2 Å². The van der Waals surface area contributed by atoms with E-state index in [9.17, 15) is 0 Å². The van der Waals surface area contributed by atoms with E-state index in [1.54, 1.807) is 0 Å². The second-order valence-electron chi connectivity index (χ2n) is 3.66. The Bertz CT molecular complexity index is 139. The van der Waals surface area contributed by atoms with E-state index in [1.807, 2.05) is 7.05 Å². The average Bonchev–Trinajstić information content (AvgIpc) is 2.19.